The molecule has 2 N–H and O–H groups in total. The van der Waals surface area contributed by atoms with E-state index in [1.165, 1.54) is 19.1 Å². The molecule has 2 rings (SSSR count). The highest BCUT2D eigenvalue weighted by molar-refractivity contribution is 6.07. The molecular weight excluding hydrogens is 396 g/mol. The quantitative estimate of drug-likeness (QED) is 0.379. The number of carbonyl (C=O) groups is 2. The Balaban J connectivity index is 2.47. The number of nitrogens with zero attached hydrogens (tertiary/aromatic N) is 2. The van der Waals surface area contributed by atoms with Gasteiger partial charge in [-0.05, 0) is 45.9 Å². The molecule has 0 atom stereocenters. The van der Waals surface area contributed by atoms with Crippen molar-refractivity contribution in [2.24, 2.45) is 4.99 Å². The summed E-state index contributed by atoms with van der Waals surface area (Å²) in [6.07, 6.45) is 0. The molecule has 1 aromatic heterocycles. The van der Waals surface area contributed by atoms with Gasteiger partial charge in [-0.3, -0.25) is 14.6 Å². The number of ketones is 1. The minimum absolute atomic E-state index is 0.0137. The van der Waals surface area contributed by atoms with Crippen molar-refractivity contribution in [2.75, 3.05) is 13.2 Å². The number of hydrogen-bond donors (Lipinski definition) is 2. The summed E-state index contributed by atoms with van der Waals surface area (Å²) in [4.78, 5) is 50.8. The number of amides is 1. The van der Waals surface area contributed by atoms with E-state index in [9.17, 15) is 24.6 Å². The molecule has 0 spiro atoms. The first kappa shape index (κ1) is 22.8. The molecule has 10 heteroatoms. The van der Waals surface area contributed by atoms with E-state index in [2.05, 4.69) is 9.41 Å². The first-order valence-corrected chi connectivity index (χ1v) is 9.07. The Bertz CT molecular complexity index is 1040. The van der Waals surface area contributed by atoms with Gasteiger partial charge in [-0.15, -0.1) is 0 Å². The molecule has 160 valence electrons. The predicted molar refractivity (Wildman–Crippen MR) is 106 cm³/mol. The molecule has 0 radical (unpaired) electrons. The molecule has 0 fully saturated rings. The van der Waals surface area contributed by atoms with Gasteiger partial charge < -0.3 is 14.6 Å². The molecule has 2 aromatic rings. The molecular formula is C20H22N2O8. The minimum atomic E-state index is -1.07. The molecule has 10 nitrogen and oxygen atoms in total. The van der Waals surface area contributed by atoms with Crippen LogP contribution in [0.5, 0.6) is 11.7 Å². The molecule has 1 heterocycles. The fourth-order valence-electron chi connectivity index (χ4n) is 2.60. The van der Waals surface area contributed by atoms with Gasteiger partial charge in [0.2, 0.25) is 0 Å². The SMILES string of the molecule is CCON(OCC)C(=O)c1cccc(N=C(C)c2c(O)c(C(C)=O)c(O)oc2=O)c1. The second-order valence-electron chi connectivity index (χ2n) is 5.99. The van der Waals surface area contributed by atoms with Crippen LogP contribution in [0.15, 0.2) is 38.5 Å². The number of rotatable bonds is 8. The van der Waals surface area contributed by atoms with Crippen LogP contribution < -0.4 is 5.63 Å². The summed E-state index contributed by atoms with van der Waals surface area (Å²) in [7, 11) is 0. The van der Waals surface area contributed by atoms with Crippen LogP contribution in [0.25, 0.3) is 0 Å². The van der Waals surface area contributed by atoms with Crippen LogP contribution in [0, 0.1) is 0 Å². The monoisotopic (exact) mass is 418 g/mol. The van der Waals surface area contributed by atoms with E-state index in [0.29, 0.717) is 0 Å². The lowest BCUT2D eigenvalue weighted by Crippen LogP contribution is -2.31. The third-order valence-corrected chi connectivity index (χ3v) is 3.84. The zero-order chi connectivity index (χ0) is 22.4. The number of carbonyl (C=O) groups excluding carboxylic acids is 2. The van der Waals surface area contributed by atoms with E-state index in [-0.39, 0.29) is 35.7 Å². The topological polar surface area (TPSA) is 139 Å². The fourth-order valence-corrected chi connectivity index (χ4v) is 2.60. The molecule has 0 aliphatic rings. The molecule has 0 saturated carbocycles. The number of aromatic hydroxyl groups is 2. The van der Waals surface area contributed by atoms with Gasteiger partial charge in [0.15, 0.2) is 5.78 Å². The first-order valence-electron chi connectivity index (χ1n) is 9.07. The Morgan fingerprint density at radius 2 is 1.73 bits per heavy atom. The van der Waals surface area contributed by atoms with Crippen molar-refractivity contribution in [3.05, 3.63) is 51.4 Å². The maximum atomic E-state index is 12.6. The maximum Gasteiger partial charge on any atom is 0.351 e. The Labute approximate surface area is 171 Å². The lowest BCUT2D eigenvalue weighted by atomic mass is 10.1. The van der Waals surface area contributed by atoms with Crippen LogP contribution >= 0.6 is 0 Å². The van der Waals surface area contributed by atoms with Gasteiger partial charge in [0, 0.05) is 5.56 Å². The Kier molecular flexibility index (Phi) is 7.45. The Morgan fingerprint density at radius 3 is 2.30 bits per heavy atom. The lowest BCUT2D eigenvalue weighted by molar-refractivity contribution is -0.323. The van der Waals surface area contributed by atoms with Crippen molar-refractivity contribution in [2.45, 2.75) is 27.7 Å². The van der Waals surface area contributed by atoms with Crippen LogP contribution in [-0.2, 0) is 9.68 Å². The predicted octanol–water partition coefficient (Wildman–Crippen LogP) is 2.74. The number of benzene rings is 1. The summed E-state index contributed by atoms with van der Waals surface area (Å²) in [6, 6.07) is 6.09. The molecule has 0 aliphatic carbocycles. The Hall–Kier alpha value is -3.50. The summed E-state index contributed by atoms with van der Waals surface area (Å²) in [5.74, 6) is -2.95. The summed E-state index contributed by atoms with van der Waals surface area (Å²) < 4.78 is 4.63. The maximum absolute atomic E-state index is 12.6. The molecule has 30 heavy (non-hydrogen) atoms. The number of aliphatic imine (C=N–C) groups is 1. The summed E-state index contributed by atoms with van der Waals surface area (Å²) in [6.45, 7) is 6.35. The van der Waals surface area contributed by atoms with Crippen molar-refractivity contribution >= 4 is 23.1 Å². The normalized spacial score (nSPS) is 11.4. The van der Waals surface area contributed by atoms with E-state index in [1.54, 1.807) is 26.0 Å². The van der Waals surface area contributed by atoms with Crippen LogP contribution in [0.3, 0.4) is 0 Å². The van der Waals surface area contributed by atoms with E-state index < -0.39 is 34.6 Å². The van der Waals surface area contributed by atoms with Crippen molar-refractivity contribution in [3.63, 3.8) is 0 Å². The lowest BCUT2D eigenvalue weighted by Gasteiger charge is -2.19. The molecule has 0 unspecified atom stereocenters. The second kappa shape index (κ2) is 9.81. The zero-order valence-electron chi connectivity index (χ0n) is 17.0. The number of Topliss-reactive ketones (excluding diaryl/α,β-unsaturated/α-hetero) is 1. The van der Waals surface area contributed by atoms with E-state index in [1.807, 2.05) is 0 Å². The zero-order valence-corrected chi connectivity index (χ0v) is 17.0. The first-order chi connectivity index (χ1) is 14.2. The van der Waals surface area contributed by atoms with Gasteiger partial charge in [0.25, 0.3) is 5.95 Å². The van der Waals surface area contributed by atoms with Gasteiger partial charge in [0.05, 0.1) is 24.6 Å². The number of hydroxylamine groups is 2. The highest BCUT2D eigenvalue weighted by Gasteiger charge is 2.24. The van der Waals surface area contributed by atoms with Crippen LogP contribution in [0.2, 0.25) is 0 Å². The van der Waals surface area contributed by atoms with E-state index in [0.717, 1.165) is 12.2 Å². The highest BCUT2D eigenvalue weighted by atomic mass is 17.0. The second-order valence-corrected chi connectivity index (χ2v) is 5.99. The van der Waals surface area contributed by atoms with Gasteiger partial charge >= 0.3 is 11.5 Å². The smallest absolute Gasteiger partial charge is 0.351 e. The standard InChI is InChI=1S/C20H22N2O8/c1-5-28-22(29-6-2)18(25)13-8-7-9-14(10-13)21-11(3)15-17(24)16(12(4)23)20(27)30-19(15)26/h7-10,24,27H,5-6H2,1-4H3. The summed E-state index contributed by atoms with van der Waals surface area (Å²) >= 11 is 0. The van der Waals surface area contributed by atoms with Crippen molar-refractivity contribution in [1.29, 1.82) is 0 Å². The average Bonchev–Trinajstić information content (AvgIpc) is 2.66. The largest absolute Gasteiger partial charge is 0.506 e. The summed E-state index contributed by atoms with van der Waals surface area (Å²) in [5, 5.41) is 20.7. The molecule has 0 bridgehead atoms. The molecule has 0 saturated heterocycles. The minimum Gasteiger partial charge on any atom is -0.506 e. The van der Waals surface area contributed by atoms with Crippen LogP contribution in [-0.4, -0.2) is 46.1 Å². The molecule has 1 aromatic carbocycles. The third kappa shape index (κ3) is 4.91. The average molecular weight is 418 g/mol. The van der Waals surface area contributed by atoms with Crippen molar-refractivity contribution in [1.82, 2.24) is 5.23 Å². The van der Waals surface area contributed by atoms with Crippen molar-refractivity contribution < 1.29 is 33.9 Å². The van der Waals surface area contributed by atoms with Gasteiger partial charge in [0.1, 0.15) is 16.9 Å². The van der Waals surface area contributed by atoms with E-state index >= 15 is 0 Å². The van der Waals surface area contributed by atoms with Gasteiger partial charge in [-0.2, -0.15) is 0 Å². The summed E-state index contributed by atoms with van der Waals surface area (Å²) in [5.41, 5.74) is -1.46. The Morgan fingerprint density at radius 1 is 1.10 bits per heavy atom. The highest BCUT2D eigenvalue weighted by Crippen LogP contribution is 2.29. The van der Waals surface area contributed by atoms with Crippen LogP contribution in [0.1, 0.15) is 54.0 Å². The molecule has 1 amide bonds. The van der Waals surface area contributed by atoms with Gasteiger partial charge in [-0.25, -0.2) is 14.5 Å². The van der Waals surface area contributed by atoms with Crippen LogP contribution in [0.4, 0.5) is 5.69 Å². The number of hydrogen-bond acceptors (Lipinski definition) is 9. The van der Waals surface area contributed by atoms with Crippen molar-refractivity contribution in [3.8, 4) is 11.7 Å². The molecule has 0 aliphatic heterocycles. The third-order valence-electron chi connectivity index (χ3n) is 3.84. The van der Waals surface area contributed by atoms with E-state index in [4.69, 9.17) is 9.68 Å². The van der Waals surface area contributed by atoms with Gasteiger partial charge in [-0.1, -0.05) is 11.3 Å². The fraction of sp³-hybridized carbons (Fsp3) is 0.300.